The predicted molar refractivity (Wildman–Crippen MR) is 74.4 cm³/mol. The molecular formula is C14H14N4O2. The molecule has 102 valence electrons. The van der Waals surface area contributed by atoms with Gasteiger partial charge in [0.1, 0.15) is 0 Å². The zero-order chi connectivity index (χ0) is 13.9. The van der Waals surface area contributed by atoms with E-state index in [1.165, 1.54) is 6.07 Å². The molecular weight excluding hydrogens is 256 g/mol. The first kappa shape index (κ1) is 12.5. The molecule has 0 saturated carbocycles. The highest BCUT2D eigenvalue weighted by Gasteiger charge is 2.31. The summed E-state index contributed by atoms with van der Waals surface area (Å²) in [6.07, 6.45) is 7.09. The van der Waals surface area contributed by atoms with Crippen molar-refractivity contribution in [3.05, 3.63) is 58.5 Å². The van der Waals surface area contributed by atoms with Crippen LogP contribution in [0.2, 0.25) is 0 Å². The lowest BCUT2D eigenvalue weighted by atomic mass is 10.1. The molecule has 20 heavy (non-hydrogen) atoms. The number of aromatic nitrogens is 2. The second-order valence-corrected chi connectivity index (χ2v) is 4.74. The summed E-state index contributed by atoms with van der Waals surface area (Å²) < 4.78 is 0. The van der Waals surface area contributed by atoms with Crippen LogP contribution in [0.3, 0.4) is 0 Å². The van der Waals surface area contributed by atoms with Crippen molar-refractivity contribution in [1.82, 2.24) is 9.97 Å². The second-order valence-electron chi connectivity index (χ2n) is 4.74. The minimum absolute atomic E-state index is 0.0586. The van der Waals surface area contributed by atoms with Crippen molar-refractivity contribution in [2.45, 2.75) is 18.9 Å². The van der Waals surface area contributed by atoms with Gasteiger partial charge in [0.2, 0.25) is 5.82 Å². The smallest absolute Gasteiger partial charge is 0.311 e. The van der Waals surface area contributed by atoms with Gasteiger partial charge in [-0.3, -0.25) is 15.1 Å². The maximum absolute atomic E-state index is 11.1. The zero-order valence-electron chi connectivity index (χ0n) is 10.8. The Morgan fingerprint density at radius 3 is 2.90 bits per heavy atom. The van der Waals surface area contributed by atoms with Gasteiger partial charge in [0.15, 0.2) is 0 Å². The lowest BCUT2D eigenvalue weighted by molar-refractivity contribution is -0.384. The van der Waals surface area contributed by atoms with Gasteiger partial charge in [0.05, 0.1) is 11.0 Å². The molecule has 1 fully saturated rings. The third-order valence-corrected chi connectivity index (χ3v) is 3.56. The molecule has 1 saturated heterocycles. The quantitative estimate of drug-likeness (QED) is 0.633. The molecule has 2 aromatic rings. The predicted octanol–water partition coefficient (Wildman–Crippen LogP) is 2.73. The molecule has 0 radical (unpaired) electrons. The molecule has 1 aliphatic heterocycles. The summed E-state index contributed by atoms with van der Waals surface area (Å²) in [5, 5.41) is 11.1. The van der Waals surface area contributed by atoms with Crippen molar-refractivity contribution in [1.29, 1.82) is 0 Å². The number of rotatable bonds is 3. The van der Waals surface area contributed by atoms with E-state index in [4.69, 9.17) is 0 Å². The van der Waals surface area contributed by atoms with E-state index >= 15 is 0 Å². The first-order valence-electron chi connectivity index (χ1n) is 6.53. The van der Waals surface area contributed by atoms with E-state index in [2.05, 4.69) is 9.97 Å². The Morgan fingerprint density at radius 1 is 1.30 bits per heavy atom. The van der Waals surface area contributed by atoms with E-state index in [0.717, 1.165) is 24.9 Å². The van der Waals surface area contributed by atoms with Crippen molar-refractivity contribution in [2.24, 2.45) is 0 Å². The highest BCUT2D eigenvalue weighted by molar-refractivity contribution is 5.59. The fourth-order valence-electron chi connectivity index (χ4n) is 2.69. The van der Waals surface area contributed by atoms with Crippen molar-refractivity contribution >= 4 is 11.5 Å². The van der Waals surface area contributed by atoms with Gasteiger partial charge < -0.3 is 4.90 Å². The summed E-state index contributed by atoms with van der Waals surface area (Å²) in [7, 11) is 0. The number of hydrogen-bond donors (Lipinski definition) is 0. The molecule has 3 rings (SSSR count). The Kier molecular flexibility index (Phi) is 3.28. The molecule has 0 amide bonds. The molecule has 6 nitrogen and oxygen atoms in total. The summed E-state index contributed by atoms with van der Waals surface area (Å²) in [6, 6.07) is 7.10. The Bertz CT molecular complexity index is 618. The van der Waals surface area contributed by atoms with Crippen LogP contribution in [0.1, 0.15) is 24.4 Å². The monoisotopic (exact) mass is 270 g/mol. The number of pyridine rings is 2. The Morgan fingerprint density at radius 2 is 2.15 bits per heavy atom. The van der Waals surface area contributed by atoms with E-state index in [-0.39, 0.29) is 16.7 Å². The lowest BCUT2D eigenvalue weighted by Gasteiger charge is -2.25. The van der Waals surface area contributed by atoms with Crippen LogP contribution in [0.25, 0.3) is 0 Å². The van der Waals surface area contributed by atoms with Crippen LogP contribution in [-0.4, -0.2) is 21.4 Å². The summed E-state index contributed by atoms with van der Waals surface area (Å²) in [6.45, 7) is 0.775. The van der Waals surface area contributed by atoms with Crippen LogP contribution in [0.15, 0.2) is 42.9 Å². The molecule has 1 atom stereocenters. The van der Waals surface area contributed by atoms with E-state index in [0.29, 0.717) is 5.82 Å². The fraction of sp³-hybridized carbons (Fsp3) is 0.286. The van der Waals surface area contributed by atoms with E-state index in [1.54, 1.807) is 18.5 Å². The number of nitro groups is 1. The minimum Gasteiger partial charge on any atom is -0.344 e. The molecule has 1 aliphatic rings. The molecule has 3 heterocycles. The SMILES string of the molecule is O=[N+]([O-])c1cccnc1N1CCCC1c1cccnc1. The second kappa shape index (κ2) is 5.24. The summed E-state index contributed by atoms with van der Waals surface area (Å²) in [5.74, 6) is 0.448. The van der Waals surface area contributed by atoms with Crippen LogP contribution in [0, 0.1) is 10.1 Å². The summed E-state index contributed by atoms with van der Waals surface area (Å²) in [5.41, 5.74) is 1.13. The third kappa shape index (κ3) is 2.20. The van der Waals surface area contributed by atoms with Crippen LogP contribution >= 0.6 is 0 Å². The molecule has 1 unspecified atom stereocenters. The van der Waals surface area contributed by atoms with Gasteiger partial charge in [-0.2, -0.15) is 0 Å². The first-order valence-corrected chi connectivity index (χ1v) is 6.53. The van der Waals surface area contributed by atoms with Gasteiger partial charge in [-0.15, -0.1) is 0 Å². The minimum atomic E-state index is -0.374. The third-order valence-electron chi connectivity index (χ3n) is 3.56. The molecule has 0 aromatic carbocycles. The Balaban J connectivity index is 1.99. The zero-order valence-corrected chi connectivity index (χ0v) is 10.8. The van der Waals surface area contributed by atoms with Crippen molar-refractivity contribution in [3.8, 4) is 0 Å². The summed E-state index contributed by atoms with van der Waals surface area (Å²) in [4.78, 5) is 21.1. The molecule has 0 aliphatic carbocycles. The number of nitrogens with zero attached hydrogens (tertiary/aromatic N) is 4. The Labute approximate surface area is 116 Å². The Hall–Kier alpha value is -2.50. The first-order chi connectivity index (χ1) is 9.77. The largest absolute Gasteiger partial charge is 0.344 e. The molecule has 6 heteroatoms. The topological polar surface area (TPSA) is 72.2 Å². The van der Waals surface area contributed by atoms with Crippen LogP contribution in [-0.2, 0) is 0 Å². The maximum Gasteiger partial charge on any atom is 0.311 e. The van der Waals surface area contributed by atoms with Gasteiger partial charge in [-0.1, -0.05) is 6.07 Å². The molecule has 0 bridgehead atoms. The number of anilines is 1. The molecule has 0 spiro atoms. The van der Waals surface area contributed by atoms with Crippen LogP contribution in [0.5, 0.6) is 0 Å². The standard InChI is InChI=1S/C14H14N4O2/c19-18(20)13-5-2-8-16-14(13)17-9-3-6-12(17)11-4-1-7-15-10-11/h1-2,4-5,7-8,10,12H,3,6,9H2. The van der Waals surface area contributed by atoms with Crippen molar-refractivity contribution in [3.63, 3.8) is 0 Å². The number of hydrogen-bond acceptors (Lipinski definition) is 5. The fourth-order valence-corrected chi connectivity index (χ4v) is 2.69. The van der Waals surface area contributed by atoms with Gasteiger partial charge in [0.25, 0.3) is 0 Å². The lowest BCUT2D eigenvalue weighted by Crippen LogP contribution is -2.24. The van der Waals surface area contributed by atoms with Crippen LogP contribution < -0.4 is 4.90 Å². The highest BCUT2D eigenvalue weighted by atomic mass is 16.6. The van der Waals surface area contributed by atoms with Gasteiger partial charge in [-0.25, -0.2) is 4.98 Å². The van der Waals surface area contributed by atoms with E-state index in [1.807, 2.05) is 23.2 Å². The molecule has 2 aromatic heterocycles. The van der Waals surface area contributed by atoms with E-state index < -0.39 is 0 Å². The highest BCUT2D eigenvalue weighted by Crippen LogP contribution is 2.38. The summed E-state index contributed by atoms with van der Waals surface area (Å²) >= 11 is 0. The van der Waals surface area contributed by atoms with Gasteiger partial charge >= 0.3 is 5.69 Å². The average molecular weight is 270 g/mol. The van der Waals surface area contributed by atoms with Crippen LogP contribution in [0.4, 0.5) is 11.5 Å². The average Bonchev–Trinajstić information content (AvgIpc) is 2.97. The molecule has 0 N–H and O–H groups in total. The maximum atomic E-state index is 11.1. The van der Waals surface area contributed by atoms with Crippen molar-refractivity contribution < 1.29 is 4.92 Å². The van der Waals surface area contributed by atoms with Crippen molar-refractivity contribution in [2.75, 3.05) is 11.4 Å². The van der Waals surface area contributed by atoms with Gasteiger partial charge in [-0.05, 0) is 30.5 Å². The van der Waals surface area contributed by atoms with E-state index in [9.17, 15) is 10.1 Å². The normalized spacial score (nSPS) is 18.2. The van der Waals surface area contributed by atoms with Gasteiger partial charge in [0, 0.05) is 31.2 Å².